The molecule has 6 aromatic rings. The minimum Gasteiger partial charge on any atom is -0.497 e. The second kappa shape index (κ2) is 12.3. The molecular weight excluding hydrogens is 533 g/mol. The molecule has 0 bridgehead atoms. The van der Waals surface area contributed by atoms with Gasteiger partial charge in [0.15, 0.2) is 0 Å². The Bertz CT molecular complexity index is 1560. The molecule has 0 unspecified atom stereocenters. The summed E-state index contributed by atoms with van der Waals surface area (Å²) in [5.74, 6) is 1.65. The molecule has 0 N–H and O–H groups in total. The number of nitrogens with zero attached hydrogens (tertiary/aromatic N) is 1. The van der Waals surface area contributed by atoms with Gasteiger partial charge >= 0.3 is 0 Å². The van der Waals surface area contributed by atoms with Crippen LogP contribution in [0.4, 0.5) is 17.1 Å². The van der Waals surface area contributed by atoms with Crippen LogP contribution < -0.4 is 35.6 Å². The number of anilines is 3. The highest BCUT2D eigenvalue weighted by molar-refractivity contribution is 8.01. The van der Waals surface area contributed by atoms with Crippen molar-refractivity contribution in [3.8, 4) is 11.5 Å². The Hall–Kier alpha value is -4.85. The van der Waals surface area contributed by atoms with Gasteiger partial charge in [-0.3, -0.25) is 0 Å². The Balaban J connectivity index is 1.53. The van der Waals surface area contributed by atoms with E-state index >= 15 is 0 Å². The Morgan fingerprint density at radius 2 is 0.643 bits per heavy atom. The third kappa shape index (κ3) is 5.16. The SMILES string of the molecule is COc1ccc(N(c2ccc(OC)cc2)c2ccc([P+](c3ccccc3)(c3ccccc3)c3ccccc3)cc2)cc1. The average Bonchev–Trinajstić information content (AvgIpc) is 3.08. The van der Waals surface area contributed by atoms with E-state index in [1.54, 1.807) is 14.2 Å². The molecule has 0 fully saturated rings. The molecule has 6 rings (SSSR count). The summed E-state index contributed by atoms with van der Waals surface area (Å²) < 4.78 is 10.9. The van der Waals surface area contributed by atoms with Gasteiger partial charge < -0.3 is 14.4 Å². The van der Waals surface area contributed by atoms with Crippen LogP contribution in [0.5, 0.6) is 11.5 Å². The van der Waals surface area contributed by atoms with Gasteiger partial charge in [-0.25, -0.2) is 0 Å². The van der Waals surface area contributed by atoms with E-state index in [1.165, 1.54) is 21.2 Å². The molecule has 0 amide bonds. The number of hydrogen-bond acceptors (Lipinski definition) is 3. The van der Waals surface area contributed by atoms with Crippen LogP contribution in [-0.2, 0) is 0 Å². The summed E-state index contributed by atoms with van der Waals surface area (Å²) in [5, 5.41) is 5.30. The maximum atomic E-state index is 5.44. The molecule has 0 spiro atoms. The highest BCUT2D eigenvalue weighted by Gasteiger charge is 2.47. The van der Waals surface area contributed by atoms with Crippen molar-refractivity contribution in [3.63, 3.8) is 0 Å². The van der Waals surface area contributed by atoms with Gasteiger partial charge in [0.2, 0.25) is 0 Å². The molecule has 206 valence electrons. The number of ether oxygens (including phenoxy) is 2. The molecule has 0 atom stereocenters. The van der Waals surface area contributed by atoms with Crippen LogP contribution in [0.25, 0.3) is 0 Å². The molecule has 0 aliphatic heterocycles. The van der Waals surface area contributed by atoms with Crippen molar-refractivity contribution in [2.24, 2.45) is 0 Å². The summed E-state index contributed by atoms with van der Waals surface area (Å²) in [6, 6.07) is 58.3. The van der Waals surface area contributed by atoms with E-state index in [0.717, 1.165) is 28.6 Å². The third-order valence-electron chi connectivity index (χ3n) is 7.59. The van der Waals surface area contributed by atoms with E-state index < -0.39 is 7.26 Å². The van der Waals surface area contributed by atoms with Crippen molar-refractivity contribution in [2.75, 3.05) is 19.1 Å². The minimum atomic E-state index is -2.17. The zero-order valence-electron chi connectivity index (χ0n) is 23.8. The van der Waals surface area contributed by atoms with Crippen molar-refractivity contribution >= 4 is 45.5 Å². The molecule has 3 nitrogen and oxygen atoms in total. The van der Waals surface area contributed by atoms with Crippen LogP contribution in [0.3, 0.4) is 0 Å². The van der Waals surface area contributed by atoms with E-state index in [4.69, 9.17) is 9.47 Å². The van der Waals surface area contributed by atoms with Crippen molar-refractivity contribution in [2.45, 2.75) is 0 Å². The predicted octanol–water partition coefficient (Wildman–Crippen LogP) is 7.79. The summed E-state index contributed by atoms with van der Waals surface area (Å²) in [5.41, 5.74) is 3.16. The van der Waals surface area contributed by atoms with Gasteiger partial charge in [-0.1, -0.05) is 54.6 Å². The van der Waals surface area contributed by atoms with Crippen LogP contribution in [-0.4, -0.2) is 14.2 Å². The maximum absolute atomic E-state index is 5.44. The fraction of sp³-hybridized carbons (Fsp3) is 0.0526. The van der Waals surface area contributed by atoms with Crippen molar-refractivity contribution in [1.29, 1.82) is 0 Å². The lowest BCUT2D eigenvalue weighted by Crippen LogP contribution is -2.38. The van der Waals surface area contributed by atoms with Crippen molar-refractivity contribution in [3.05, 3.63) is 164 Å². The minimum absolute atomic E-state index is 0.826. The van der Waals surface area contributed by atoms with Crippen LogP contribution in [0.1, 0.15) is 0 Å². The largest absolute Gasteiger partial charge is 0.497 e. The first-order valence-electron chi connectivity index (χ1n) is 14.0. The smallest absolute Gasteiger partial charge is 0.144 e. The molecule has 4 heteroatoms. The Labute approximate surface area is 249 Å². The number of methoxy groups -OCH3 is 2. The molecule has 0 saturated carbocycles. The molecular formula is C38H33NO2P+. The fourth-order valence-electron chi connectivity index (χ4n) is 5.58. The molecule has 42 heavy (non-hydrogen) atoms. The molecule has 0 aliphatic carbocycles. The Kier molecular flexibility index (Phi) is 8.03. The van der Waals surface area contributed by atoms with Crippen LogP contribution in [0.15, 0.2) is 164 Å². The first-order chi connectivity index (χ1) is 20.7. The van der Waals surface area contributed by atoms with Gasteiger partial charge in [0.1, 0.15) is 40.0 Å². The highest BCUT2D eigenvalue weighted by Crippen LogP contribution is 2.54. The second-order valence-corrected chi connectivity index (χ2v) is 13.3. The van der Waals surface area contributed by atoms with Crippen molar-refractivity contribution < 1.29 is 9.47 Å². The van der Waals surface area contributed by atoms with Crippen molar-refractivity contribution in [1.82, 2.24) is 0 Å². The Morgan fingerprint density at radius 3 is 0.952 bits per heavy atom. The van der Waals surface area contributed by atoms with E-state index in [1.807, 2.05) is 24.3 Å². The lowest BCUT2D eigenvalue weighted by molar-refractivity contribution is 0.415. The van der Waals surface area contributed by atoms with E-state index in [2.05, 4.69) is 144 Å². The standard InChI is InChI=1S/C38H33NO2P/c1-40-33-24-18-30(19-25-33)39(31-20-26-34(41-2)27-21-31)32-22-28-38(29-23-32)42(35-12-6-3-7-13-35,36-14-8-4-9-15-36)37-16-10-5-11-17-37/h3-29H,1-2H3/q+1. The third-order valence-corrected chi connectivity index (χ3v) is 11.9. The molecule has 0 aromatic heterocycles. The zero-order chi connectivity index (χ0) is 28.8. The maximum Gasteiger partial charge on any atom is 0.144 e. The fourth-order valence-corrected chi connectivity index (χ4v) is 9.83. The molecule has 6 aromatic carbocycles. The lowest BCUT2D eigenvalue weighted by atomic mass is 10.2. The van der Waals surface area contributed by atoms with Crippen LogP contribution >= 0.6 is 7.26 Å². The molecule has 0 heterocycles. The first-order valence-corrected chi connectivity index (χ1v) is 15.8. The van der Waals surface area contributed by atoms with E-state index in [0.29, 0.717) is 0 Å². The average molecular weight is 567 g/mol. The highest BCUT2D eigenvalue weighted by atomic mass is 31.2. The van der Waals surface area contributed by atoms with Gasteiger partial charge in [-0.05, 0) is 109 Å². The topological polar surface area (TPSA) is 21.7 Å². The number of hydrogen-bond donors (Lipinski definition) is 0. The van der Waals surface area contributed by atoms with E-state index in [-0.39, 0.29) is 0 Å². The monoisotopic (exact) mass is 566 g/mol. The summed E-state index contributed by atoms with van der Waals surface area (Å²) >= 11 is 0. The summed E-state index contributed by atoms with van der Waals surface area (Å²) in [7, 11) is 1.21. The molecule has 0 saturated heterocycles. The number of rotatable bonds is 9. The lowest BCUT2D eigenvalue weighted by Gasteiger charge is -2.29. The summed E-state index contributed by atoms with van der Waals surface area (Å²) in [6.07, 6.45) is 0. The van der Waals surface area contributed by atoms with Crippen LogP contribution in [0.2, 0.25) is 0 Å². The number of benzene rings is 6. The van der Waals surface area contributed by atoms with E-state index in [9.17, 15) is 0 Å². The first kappa shape index (κ1) is 27.3. The predicted molar refractivity (Wildman–Crippen MR) is 179 cm³/mol. The molecule has 0 aliphatic rings. The summed E-state index contributed by atoms with van der Waals surface area (Å²) in [6.45, 7) is 0. The Morgan fingerprint density at radius 1 is 0.357 bits per heavy atom. The zero-order valence-corrected chi connectivity index (χ0v) is 24.7. The van der Waals surface area contributed by atoms with Gasteiger partial charge in [0.25, 0.3) is 0 Å². The quantitative estimate of drug-likeness (QED) is 0.167. The normalized spacial score (nSPS) is 11.1. The van der Waals surface area contributed by atoms with Gasteiger partial charge in [-0.2, -0.15) is 0 Å². The van der Waals surface area contributed by atoms with Gasteiger partial charge in [-0.15, -0.1) is 0 Å². The molecule has 0 radical (unpaired) electrons. The summed E-state index contributed by atoms with van der Waals surface area (Å²) in [4.78, 5) is 2.26. The van der Waals surface area contributed by atoms with Gasteiger partial charge in [0, 0.05) is 17.1 Å². The second-order valence-electron chi connectivity index (χ2n) is 9.93. The van der Waals surface area contributed by atoms with Crippen LogP contribution in [0, 0.1) is 0 Å². The van der Waals surface area contributed by atoms with Gasteiger partial charge in [0.05, 0.1) is 14.2 Å².